The van der Waals surface area contributed by atoms with E-state index in [-0.39, 0.29) is 23.8 Å². The van der Waals surface area contributed by atoms with E-state index in [0.29, 0.717) is 23.2 Å². The van der Waals surface area contributed by atoms with Gasteiger partial charge in [0.2, 0.25) is 17.7 Å². The quantitative estimate of drug-likeness (QED) is 0.346. The molecule has 0 radical (unpaired) electrons. The first-order valence-corrected chi connectivity index (χ1v) is 17.6. The van der Waals surface area contributed by atoms with Crippen LogP contribution in [-0.4, -0.2) is 77.5 Å². The molecule has 8 nitrogen and oxygen atoms in total. The van der Waals surface area contributed by atoms with E-state index < -0.39 is 29.6 Å². The molecule has 4 heterocycles. The predicted octanol–water partition coefficient (Wildman–Crippen LogP) is 5.22. The largest absolute Gasteiger partial charge is 0.359 e. The number of hydrogen-bond acceptors (Lipinski definition) is 5. The molecule has 7 rings (SSSR count). The Kier molecular flexibility index (Phi) is 9.21. The second-order valence-corrected chi connectivity index (χ2v) is 14.3. The second kappa shape index (κ2) is 13.5. The number of carbonyl (C=O) groups excluding carboxylic acids is 3. The van der Waals surface area contributed by atoms with Gasteiger partial charge in [0.05, 0.1) is 17.9 Å². The van der Waals surface area contributed by atoms with Gasteiger partial charge in [-0.05, 0) is 93.9 Å². The van der Waals surface area contributed by atoms with Crippen molar-refractivity contribution in [3.8, 4) is 0 Å². The molecule has 1 aliphatic carbocycles. The number of anilines is 1. The van der Waals surface area contributed by atoms with Gasteiger partial charge in [-0.2, -0.15) is 0 Å². The summed E-state index contributed by atoms with van der Waals surface area (Å²) in [5, 5.41) is 6.83. The van der Waals surface area contributed by atoms with E-state index in [2.05, 4.69) is 45.9 Å². The minimum atomic E-state index is -1.14. The second-order valence-electron chi connectivity index (χ2n) is 13.9. The Morgan fingerprint density at radius 2 is 1.65 bits per heavy atom. The number of likely N-dealkylation sites (tertiary alicyclic amines) is 2. The van der Waals surface area contributed by atoms with Crippen molar-refractivity contribution in [3.05, 3.63) is 77.3 Å². The van der Waals surface area contributed by atoms with Crippen molar-refractivity contribution in [1.82, 2.24) is 15.1 Å². The maximum atomic E-state index is 14.3. The summed E-state index contributed by atoms with van der Waals surface area (Å²) in [7, 11) is 0. The fourth-order valence-corrected chi connectivity index (χ4v) is 8.75. The van der Waals surface area contributed by atoms with Gasteiger partial charge in [0.25, 0.3) is 0 Å². The van der Waals surface area contributed by atoms with E-state index in [4.69, 9.17) is 16.3 Å². The number of fused-ring (bicyclic) bond motifs is 1. The summed E-state index contributed by atoms with van der Waals surface area (Å²) in [6.45, 7) is 3.42. The van der Waals surface area contributed by atoms with E-state index >= 15 is 0 Å². The minimum Gasteiger partial charge on any atom is -0.359 e. The molecule has 244 valence electrons. The first-order chi connectivity index (χ1) is 22.4. The van der Waals surface area contributed by atoms with Crippen LogP contribution in [0.2, 0.25) is 5.02 Å². The lowest BCUT2D eigenvalue weighted by Crippen LogP contribution is -2.56. The lowest BCUT2D eigenvalue weighted by molar-refractivity contribution is -0.141. The van der Waals surface area contributed by atoms with Crippen LogP contribution < -0.4 is 10.6 Å². The summed E-state index contributed by atoms with van der Waals surface area (Å²) in [5.74, 6) is -1.36. The third-order valence-corrected chi connectivity index (χ3v) is 11.2. The molecule has 9 heteroatoms. The lowest BCUT2D eigenvalue weighted by atomic mass is 9.74. The molecule has 3 amide bonds. The van der Waals surface area contributed by atoms with Crippen molar-refractivity contribution in [2.75, 3.05) is 31.5 Å². The normalized spacial score (nSPS) is 29.7. The van der Waals surface area contributed by atoms with Gasteiger partial charge >= 0.3 is 0 Å². The summed E-state index contributed by atoms with van der Waals surface area (Å²) < 4.78 is 6.53. The third kappa shape index (κ3) is 6.24. The van der Waals surface area contributed by atoms with Gasteiger partial charge in [0, 0.05) is 23.3 Å². The molecule has 1 spiro atoms. The number of piperidine rings is 1. The summed E-state index contributed by atoms with van der Waals surface area (Å²) >= 11 is 6.04. The van der Waals surface area contributed by atoms with Gasteiger partial charge in [0.15, 0.2) is 0 Å². The van der Waals surface area contributed by atoms with E-state index in [1.165, 1.54) is 24.8 Å². The molecular formula is C37H45ClN4O4. The molecule has 2 N–H and O–H groups in total. The molecule has 5 aliphatic rings. The predicted molar refractivity (Wildman–Crippen MR) is 178 cm³/mol. The van der Waals surface area contributed by atoms with Crippen molar-refractivity contribution in [2.45, 2.75) is 81.6 Å². The zero-order valence-corrected chi connectivity index (χ0v) is 27.2. The Balaban J connectivity index is 1.04. The van der Waals surface area contributed by atoms with Crippen molar-refractivity contribution in [2.24, 2.45) is 17.8 Å². The molecular weight excluding hydrogens is 600 g/mol. The van der Waals surface area contributed by atoms with Gasteiger partial charge in [-0.3, -0.25) is 14.4 Å². The van der Waals surface area contributed by atoms with Crippen LogP contribution in [0.15, 0.2) is 66.7 Å². The maximum Gasteiger partial charge on any atom is 0.246 e. The van der Waals surface area contributed by atoms with Crippen LogP contribution in [0.3, 0.4) is 0 Å². The van der Waals surface area contributed by atoms with Crippen molar-refractivity contribution in [1.29, 1.82) is 0 Å². The summed E-state index contributed by atoms with van der Waals surface area (Å²) in [6, 6.07) is 17.0. The Labute approximate surface area is 276 Å². The number of nitrogens with one attached hydrogen (secondary N) is 2. The SMILES string of the molecule is O=C(Nc1ccc(Cl)cc1)[C@H]1[C@H]2C=C[C@@]3(O2)[C@H]1C(=O)N(CCCN1CCC(Cc2ccccc2)CC1)[C@@H]3C(=O)NC1CCCCC1. The highest BCUT2D eigenvalue weighted by atomic mass is 35.5. The molecule has 1 saturated carbocycles. The maximum absolute atomic E-state index is 14.3. The molecule has 0 unspecified atom stereocenters. The molecule has 3 saturated heterocycles. The van der Waals surface area contributed by atoms with Gasteiger partial charge in [0.1, 0.15) is 11.6 Å². The van der Waals surface area contributed by atoms with E-state index in [1.54, 1.807) is 29.2 Å². The van der Waals surface area contributed by atoms with Crippen LogP contribution in [0, 0.1) is 17.8 Å². The first-order valence-electron chi connectivity index (χ1n) is 17.2. The number of halogens is 1. The third-order valence-electron chi connectivity index (χ3n) is 10.9. The summed E-state index contributed by atoms with van der Waals surface area (Å²) in [5.41, 5.74) is 0.872. The molecule has 0 aromatic heterocycles. The van der Waals surface area contributed by atoms with Crippen molar-refractivity contribution in [3.63, 3.8) is 0 Å². The fraction of sp³-hybridized carbons (Fsp3) is 0.541. The Morgan fingerprint density at radius 3 is 2.39 bits per heavy atom. The van der Waals surface area contributed by atoms with Crippen LogP contribution in [0.25, 0.3) is 0 Å². The average molecular weight is 645 g/mol. The van der Waals surface area contributed by atoms with Gasteiger partial charge in [-0.15, -0.1) is 0 Å². The molecule has 4 aliphatic heterocycles. The summed E-state index contributed by atoms with van der Waals surface area (Å²) in [6.07, 6.45) is 12.7. The topological polar surface area (TPSA) is 91.0 Å². The van der Waals surface area contributed by atoms with Gasteiger partial charge in [-0.25, -0.2) is 0 Å². The lowest BCUT2D eigenvalue weighted by Gasteiger charge is -2.35. The number of rotatable bonds is 10. The van der Waals surface area contributed by atoms with Crippen LogP contribution in [0.4, 0.5) is 5.69 Å². The minimum absolute atomic E-state index is 0.109. The van der Waals surface area contributed by atoms with Gasteiger partial charge in [-0.1, -0.05) is 73.3 Å². The van der Waals surface area contributed by atoms with Crippen LogP contribution in [-0.2, 0) is 25.5 Å². The highest BCUT2D eigenvalue weighted by Crippen LogP contribution is 2.55. The van der Waals surface area contributed by atoms with E-state index in [1.807, 2.05) is 12.2 Å². The van der Waals surface area contributed by atoms with E-state index in [9.17, 15) is 14.4 Å². The van der Waals surface area contributed by atoms with Gasteiger partial charge < -0.3 is 25.2 Å². The van der Waals surface area contributed by atoms with Crippen LogP contribution >= 0.6 is 11.6 Å². The number of amides is 3. The Hall–Kier alpha value is -3.20. The number of ether oxygens (including phenoxy) is 1. The number of hydrogen-bond donors (Lipinski definition) is 2. The molecule has 46 heavy (non-hydrogen) atoms. The molecule has 2 bridgehead atoms. The van der Waals surface area contributed by atoms with Crippen molar-refractivity contribution < 1.29 is 19.1 Å². The molecule has 2 aromatic rings. The fourth-order valence-electron chi connectivity index (χ4n) is 8.62. The molecule has 4 fully saturated rings. The van der Waals surface area contributed by atoms with Crippen LogP contribution in [0.5, 0.6) is 0 Å². The first kappa shape index (κ1) is 31.4. The Morgan fingerprint density at radius 1 is 0.913 bits per heavy atom. The Bertz CT molecular complexity index is 1440. The standard InChI is InChI=1S/C37H45ClN4O4/c38-27-12-14-29(15-13-27)39-34(43)31-30-16-19-37(46-30)32(31)36(45)42(33(37)35(44)40-28-10-5-2-6-11-28)21-7-20-41-22-17-26(18-23-41)24-25-8-3-1-4-9-25/h1,3-4,8-9,12-16,19,26,28,30-33H,2,5-7,10-11,17-18,20-24H2,(H,39,43)(H,40,44)/t30-,31+,32-,33-,37-/m1/s1. The number of carbonyl (C=O) groups is 3. The zero-order chi connectivity index (χ0) is 31.7. The number of nitrogens with zero attached hydrogens (tertiary/aromatic N) is 2. The number of benzene rings is 2. The summed E-state index contributed by atoms with van der Waals surface area (Å²) in [4.78, 5) is 46.3. The molecule has 2 aromatic carbocycles. The zero-order valence-electron chi connectivity index (χ0n) is 26.4. The highest BCUT2D eigenvalue weighted by molar-refractivity contribution is 6.30. The van der Waals surface area contributed by atoms with E-state index in [0.717, 1.165) is 58.2 Å². The van der Waals surface area contributed by atoms with Crippen molar-refractivity contribution >= 4 is 35.0 Å². The monoisotopic (exact) mass is 644 g/mol. The molecule has 5 atom stereocenters. The smallest absolute Gasteiger partial charge is 0.246 e. The highest BCUT2D eigenvalue weighted by Gasteiger charge is 2.72. The average Bonchev–Trinajstić information content (AvgIpc) is 3.71. The van der Waals surface area contributed by atoms with Crippen LogP contribution in [0.1, 0.15) is 56.9 Å².